The summed E-state index contributed by atoms with van der Waals surface area (Å²) >= 11 is 0. The third kappa shape index (κ3) is 7.38. The summed E-state index contributed by atoms with van der Waals surface area (Å²) in [5.41, 5.74) is -3.92. The molecule has 0 aliphatic rings. The van der Waals surface area contributed by atoms with Gasteiger partial charge in [0.2, 0.25) is 6.41 Å². The largest absolute Gasteiger partial charge is 0.359 e. The minimum absolute atomic E-state index is 0.252. The first-order valence-electron chi connectivity index (χ1n) is 4.99. The fraction of sp³-hybridized carbons (Fsp3) is 0.750. The zero-order valence-electron chi connectivity index (χ0n) is 10.7. The fourth-order valence-electron chi connectivity index (χ4n) is 0.156. The molecule has 0 atom stereocenters. The molecule has 10 heavy (non-hydrogen) atoms. The maximum Gasteiger partial charge on any atom is 0.264 e. The van der Waals surface area contributed by atoms with E-state index >= 15 is 0 Å². The molecule has 0 unspecified atom stereocenters. The van der Waals surface area contributed by atoms with Crippen molar-refractivity contribution < 1.29 is 26.0 Å². The van der Waals surface area contributed by atoms with Gasteiger partial charge in [-0.1, -0.05) is 0 Å². The first kappa shape index (κ1) is 3.19. The summed E-state index contributed by atoms with van der Waals surface area (Å²) in [6, 6.07) is 0. The van der Waals surface area contributed by atoms with E-state index in [4.69, 9.17) is 12.8 Å². The van der Waals surface area contributed by atoms with Crippen molar-refractivity contribution in [3.8, 4) is 0 Å². The number of carbonyl (C=O) groups is 1. The van der Waals surface area contributed by atoms with Crippen molar-refractivity contribution in [3.05, 3.63) is 0 Å². The fourth-order valence-corrected chi connectivity index (χ4v) is 0.336. The van der Waals surface area contributed by atoms with E-state index in [9.17, 15) is 13.2 Å². The predicted molar refractivity (Wildman–Crippen MR) is 35.1 cm³/mol. The molecule has 5 nitrogen and oxygen atoms in total. The second kappa shape index (κ2) is 4.24. The molecule has 0 spiro atoms. The highest BCUT2D eigenvalue weighted by Crippen LogP contribution is 1.85. The van der Waals surface area contributed by atoms with Gasteiger partial charge in [0.15, 0.2) is 0 Å². The quantitative estimate of drug-likeness (QED) is 0.413. The summed E-state index contributed by atoms with van der Waals surface area (Å²) in [5.74, 6) is 0. The molecule has 0 bridgehead atoms. The second-order valence-corrected chi connectivity index (χ2v) is 2.24. The number of rotatable bonds is 5. The maximum absolute atomic E-state index is 10.6. The normalized spacial score (nSPS) is 24.1. The van der Waals surface area contributed by atoms with Gasteiger partial charge in [-0.3, -0.25) is 9.35 Å². The van der Waals surface area contributed by atoms with Crippen molar-refractivity contribution in [1.29, 1.82) is 0 Å². The predicted octanol–water partition coefficient (Wildman–Crippen LogP) is -0.990. The lowest BCUT2D eigenvalue weighted by Gasteiger charge is -1.95. The van der Waals surface area contributed by atoms with Gasteiger partial charge in [-0.2, -0.15) is 8.42 Å². The minimum Gasteiger partial charge on any atom is -0.359 e. The zero-order chi connectivity index (χ0) is 13.4. The first-order chi connectivity index (χ1) is 6.81. The summed E-state index contributed by atoms with van der Waals surface area (Å²) in [7, 11) is -5.50. The van der Waals surface area contributed by atoms with Crippen molar-refractivity contribution in [1.82, 2.24) is 5.32 Å². The molecular weight excluding hydrogens is 158 g/mol. The smallest absolute Gasteiger partial charge is 0.264 e. The molecule has 0 aromatic carbocycles. The maximum atomic E-state index is 10.6. The molecule has 0 saturated heterocycles. The monoisotopic (exact) mass is 173 g/mol. The van der Waals surface area contributed by atoms with Crippen LogP contribution in [0.2, 0.25) is 0 Å². The average molecular weight is 173 g/mol. The van der Waals surface area contributed by atoms with Crippen LogP contribution in [0.15, 0.2) is 0 Å². The number of carbonyl (C=O) groups excluding carboxylic acids is 1. The molecule has 0 aliphatic carbocycles. The van der Waals surface area contributed by atoms with E-state index in [1.54, 1.807) is 0 Å². The molecule has 0 heterocycles. The lowest BCUT2D eigenvalue weighted by atomic mass is 10.5. The van der Waals surface area contributed by atoms with Gasteiger partial charge in [-0.25, -0.2) is 0 Å². The summed E-state index contributed by atoms with van der Waals surface area (Å²) in [5, 5.41) is 1.30. The van der Waals surface area contributed by atoms with Gasteiger partial charge in [0, 0.05) is 14.7 Å². The van der Waals surface area contributed by atoms with E-state index in [2.05, 4.69) is 0 Å². The van der Waals surface area contributed by atoms with E-state index in [0.29, 0.717) is 0 Å². The SMILES string of the molecule is [2H]C([2H])(NC=O)C([2H])([2H])C([2H])([2H])S(=O)(=O)O. The number of hydrogen-bond donors (Lipinski definition) is 2. The molecular formula is C4H9NO4S. The Morgan fingerprint density at radius 3 is 2.70 bits per heavy atom. The Morgan fingerprint density at radius 2 is 2.30 bits per heavy atom. The van der Waals surface area contributed by atoms with Crippen LogP contribution < -0.4 is 5.32 Å². The van der Waals surface area contributed by atoms with Gasteiger partial charge in [-0.15, -0.1) is 0 Å². The molecule has 0 rings (SSSR count). The lowest BCUT2D eigenvalue weighted by Crippen LogP contribution is -2.16. The Hall–Kier alpha value is -0.620. The molecule has 0 aromatic rings. The lowest BCUT2D eigenvalue weighted by molar-refractivity contribution is -0.109. The van der Waals surface area contributed by atoms with E-state index < -0.39 is 28.7 Å². The van der Waals surface area contributed by atoms with E-state index in [-0.39, 0.29) is 6.41 Å². The molecule has 1 amide bonds. The molecule has 0 aromatic heterocycles. The Kier molecular flexibility index (Phi) is 1.35. The van der Waals surface area contributed by atoms with Crippen LogP contribution in [0.4, 0.5) is 0 Å². The molecule has 0 radical (unpaired) electrons. The van der Waals surface area contributed by atoms with Crippen LogP contribution in [0, 0.1) is 0 Å². The third-order valence-corrected chi connectivity index (χ3v) is 0.734. The molecule has 2 N–H and O–H groups in total. The Bertz CT molecular complexity index is 378. The molecule has 6 heteroatoms. The Labute approximate surface area is 67.6 Å². The average Bonchev–Trinajstić information content (AvgIpc) is 2.01. The van der Waals surface area contributed by atoms with Crippen molar-refractivity contribution in [2.75, 3.05) is 12.2 Å². The van der Waals surface area contributed by atoms with Gasteiger partial charge >= 0.3 is 0 Å². The van der Waals surface area contributed by atoms with Gasteiger partial charge in [0.1, 0.15) is 0 Å². The van der Waals surface area contributed by atoms with Crippen LogP contribution in [0.1, 0.15) is 14.6 Å². The molecule has 0 aliphatic heterocycles. The van der Waals surface area contributed by atoms with Crippen LogP contribution in [-0.2, 0) is 14.9 Å². The number of nitrogens with one attached hydrogen (secondary N) is 1. The first-order valence-corrected chi connectivity index (χ1v) is 3.43. The zero-order valence-corrected chi connectivity index (χ0v) is 5.47. The number of amides is 1. The van der Waals surface area contributed by atoms with Gasteiger partial charge in [0.25, 0.3) is 10.1 Å². The van der Waals surface area contributed by atoms with Crippen molar-refractivity contribution in [2.24, 2.45) is 0 Å². The van der Waals surface area contributed by atoms with E-state index in [1.807, 2.05) is 0 Å². The molecule has 0 fully saturated rings. The minimum atomic E-state index is -5.50. The highest BCUT2D eigenvalue weighted by atomic mass is 32.2. The van der Waals surface area contributed by atoms with Crippen LogP contribution >= 0.6 is 0 Å². The van der Waals surface area contributed by atoms with E-state index in [1.165, 1.54) is 5.32 Å². The summed E-state index contributed by atoms with van der Waals surface area (Å²) < 4.78 is 71.5. The number of hydrogen-bond acceptors (Lipinski definition) is 3. The van der Waals surface area contributed by atoms with Gasteiger partial charge < -0.3 is 5.32 Å². The van der Waals surface area contributed by atoms with Gasteiger partial charge in [-0.05, 0) is 6.37 Å². The Balaban J connectivity index is 5.61. The standard InChI is InChI=1S/C4H9NO4S/c6-4-5-2-1-3-10(7,8)9/h4H,1-3H2,(H,5,6)(H,7,8,9)/i1D2,2D2,3D2. The van der Waals surface area contributed by atoms with Crippen LogP contribution in [-0.4, -0.2) is 31.6 Å². The molecule has 60 valence electrons. The van der Waals surface area contributed by atoms with E-state index in [0.717, 1.165) is 0 Å². The van der Waals surface area contributed by atoms with Crippen LogP contribution in [0.25, 0.3) is 0 Å². The Morgan fingerprint density at radius 1 is 1.70 bits per heavy atom. The second-order valence-electron chi connectivity index (χ2n) is 1.09. The van der Waals surface area contributed by atoms with Crippen molar-refractivity contribution >= 4 is 16.5 Å². The summed E-state index contributed by atoms with van der Waals surface area (Å²) in [4.78, 5) is 9.99. The highest BCUT2D eigenvalue weighted by Gasteiger charge is 2.01. The topological polar surface area (TPSA) is 83.5 Å². The van der Waals surface area contributed by atoms with Crippen LogP contribution in [0.3, 0.4) is 0 Å². The van der Waals surface area contributed by atoms with Gasteiger partial charge in [0.05, 0.1) is 5.70 Å². The highest BCUT2D eigenvalue weighted by molar-refractivity contribution is 7.85. The van der Waals surface area contributed by atoms with Crippen molar-refractivity contribution in [3.63, 3.8) is 0 Å². The summed E-state index contributed by atoms with van der Waals surface area (Å²) in [6.45, 7) is -3.31. The van der Waals surface area contributed by atoms with Crippen LogP contribution in [0.5, 0.6) is 0 Å². The summed E-state index contributed by atoms with van der Waals surface area (Å²) in [6.07, 6.45) is -3.94. The van der Waals surface area contributed by atoms with Crippen molar-refractivity contribution in [2.45, 2.75) is 6.37 Å². The third-order valence-electron chi connectivity index (χ3n) is 0.374. The molecule has 0 saturated carbocycles.